The Morgan fingerprint density at radius 3 is 2.48 bits per heavy atom. The fourth-order valence-electron chi connectivity index (χ4n) is 3.05. The van der Waals surface area contributed by atoms with Crippen molar-refractivity contribution in [3.63, 3.8) is 0 Å². The topological polar surface area (TPSA) is 68.8 Å². The molecule has 1 aromatic carbocycles. The van der Waals surface area contributed by atoms with E-state index in [0.29, 0.717) is 12.5 Å². The van der Waals surface area contributed by atoms with Gasteiger partial charge in [0.2, 0.25) is 5.91 Å². The van der Waals surface area contributed by atoms with Gasteiger partial charge in [0, 0.05) is 26.2 Å². The number of carbonyl (C=O) groups is 1. The lowest BCUT2D eigenvalue weighted by Gasteiger charge is -2.26. The van der Waals surface area contributed by atoms with Gasteiger partial charge in [-0.05, 0) is 44.8 Å². The van der Waals surface area contributed by atoms with Gasteiger partial charge in [-0.3, -0.25) is 4.79 Å². The number of benzene rings is 1. The molecule has 1 saturated heterocycles. The molecule has 0 unspecified atom stereocenters. The number of halogens is 1. The second-order valence-corrected chi connectivity index (χ2v) is 6.61. The summed E-state index contributed by atoms with van der Waals surface area (Å²) < 4.78 is 0. The van der Waals surface area contributed by atoms with Crippen LogP contribution >= 0.6 is 24.0 Å². The lowest BCUT2D eigenvalue weighted by Crippen LogP contribution is -2.43. The molecule has 2 rings (SSSR count). The molecule has 7 heteroatoms. The summed E-state index contributed by atoms with van der Waals surface area (Å²) in [5, 5.41) is 9.45. The summed E-state index contributed by atoms with van der Waals surface area (Å²) in [6.45, 7) is 7.85. The summed E-state index contributed by atoms with van der Waals surface area (Å²) in [4.78, 5) is 18.8. The van der Waals surface area contributed by atoms with Gasteiger partial charge in [0.1, 0.15) is 6.54 Å². The predicted octanol–water partition coefficient (Wildman–Crippen LogP) is 2.00. The normalized spacial score (nSPS) is 14.9. The quantitative estimate of drug-likeness (QED) is 0.283. The van der Waals surface area contributed by atoms with Gasteiger partial charge in [-0.2, -0.15) is 0 Å². The number of nitrogens with one attached hydrogen (secondary N) is 3. The largest absolute Gasteiger partial charge is 0.357 e. The zero-order valence-corrected chi connectivity index (χ0v) is 18.7. The monoisotopic (exact) mass is 487 g/mol. The molecule has 1 heterocycles. The summed E-state index contributed by atoms with van der Waals surface area (Å²) >= 11 is 0. The van der Waals surface area contributed by atoms with Crippen molar-refractivity contribution >= 4 is 35.8 Å². The van der Waals surface area contributed by atoms with E-state index in [2.05, 4.69) is 38.0 Å². The number of likely N-dealkylation sites (tertiary alicyclic amines) is 1. The molecule has 1 aliphatic rings. The molecule has 0 spiro atoms. The van der Waals surface area contributed by atoms with Crippen LogP contribution in [0.3, 0.4) is 0 Å². The van der Waals surface area contributed by atoms with Gasteiger partial charge in [0.25, 0.3) is 0 Å². The first-order valence-electron chi connectivity index (χ1n) is 9.83. The number of hydrogen-bond donors (Lipinski definition) is 3. The highest BCUT2D eigenvalue weighted by Crippen LogP contribution is 2.07. The maximum Gasteiger partial charge on any atom is 0.241 e. The molecule has 0 radical (unpaired) electrons. The lowest BCUT2D eigenvalue weighted by atomic mass is 10.1. The third-order valence-electron chi connectivity index (χ3n) is 4.47. The minimum absolute atomic E-state index is 0. The second-order valence-electron chi connectivity index (χ2n) is 6.61. The highest BCUT2D eigenvalue weighted by Gasteiger charge is 2.09. The highest BCUT2D eigenvalue weighted by atomic mass is 127. The molecule has 0 aliphatic carbocycles. The smallest absolute Gasteiger partial charge is 0.241 e. The fourth-order valence-corrected chi connectivity index (χ4v) is 3.05. The molecule has 0 saturated carbocycles. The summed E-state index contributed by atoms with van der Waals surface area (Å²) in [5.41, 5.74) is 1.23. The maximum atomic E-state index is 12.0. The van der Waals surface area contributed by atoms with E-state index in [1.165, 1.54) is 37.9 Å². The van der Waals surface area contributed by atoms with E-state index < -0.39 is 0 Å². The van der Waals surface area contributed by atoms with E-state index in [1.54, 1.807) is 0 Å². The molecule has 0 bridgehead atoms. The Hall–Kier alpha value is -1.35. The van der Waals surface area contributed by atoms with Gasteiger partial charge >= 0.3 is 0 Å². The number of guanidine groups is 1. The van der Waals surface area contributed by atoms with Crippen LogP contribution in [0.2, 0.25) is 0 Å². The first-order valence-corrected chi connectivity index (χ1v) is 9.83. The average Bonchev–Trinajstić information content (AvgIpc) is 2.68. The van der Waals surface area contributed by atoms with Crippen LogP contribution in [0.1, 0.15) is 31.7 Å². The SMILES string of the molecule is CCNC(=NCC(=O)NCCc1ccccc1)NCCN1CCCCC1.I. The third-order valence-corrected chi connectivity index (χ3v) is 4.47. The number of nitrogens with zero attached hydrogens (tertiary/aromatic N) is 2. The van der Waals surface area contributed by atoms with Crippen LogP contribution in [0.15, 0.2) is 35.3 Å². The summed E-state index contributed by atoms with van der Waals surface area (Å²) in [7, 11) is 0. The van der Waals surface area contributed by atoms with Gasteiger partial charge in [-0.1, -0.05) is 36.8 Å². The van der Waals surface area contributed by atoms with Crippen molar-refractivity contribution in [2.24, 2.45) is 4.99 Å². The van der Waals surface area contributed by atoms with Gasteiger partial charge in [-0.15, -0.1) is 24.0 Å². The minimum atomic E-state index is -0.0471. The van der Waals surface area contributed by atoms with Gasteiger partial charge in [0.15, 0.2) is 5.96 Å². The number of amides is 1. The van der Waals surface area contributed by atoms with E-state index in [9.17, 15) is 4.79 Å². The number of piperidine rings is 1. The number of carbonyl (C=O) groups excluding carboxylic acids is 1. The molecule has 0 atom stereocenters. The van der Waals surface area contributed by atoms with Gasteiger partial charge in [-0.25, -0.2) is 4.99 Å². The van der Waals surface area contributed by atoms with Crippen molar-refractivity contribution in [3.8, 4) is 0 Å². The van der Waals surface area contributed by atoms with Crippen molar-refractivity contribution in [1.29, 1.82) is 0 Å². The van der Waals surface area contributed by atoms with Gasteiger partial charge in [0.05, 0.1) is 0 Å². The highest BCUT2D eigenvalue weighted by molar-refractivity contribution is 14.0. The van der Waals surface area contributed by atoms with Crippen molar-refractivity contribution in [2.45, 2.75) is 32.6 Å². The van der Waals surface area contributed by atoms with Crippen LogP contribution < -0.4 is 16.0 Å². The number of hydrogen-bond acceptors (Lipinski definition) is 3. The lowest BCUT2D eigenvalue weighted by molar-refractivity contribution is -0.119. The van der Waals surface area contributed by atoms with Crippen molar-refractivity contribution < 1.29 is 4.79 Å². The Balaban J connectivity index is 0.00000364. The second kappa shape index (κ2) is 14.7. The maximum absolute atomic E-state index is 12.0. The standard InChI is InChI=1S/C20H33N5O.HI/c1-2-21-20(23-13-16-25-14-7-4-8-15-25)24-17-19(26)22-12-11-18-9-5-3-6-10-18;/h3,5-6,9-10H,2,4,7-8,11-17H2,1H3,(H,22,26)(H2,21,23,24);1H. The molecule has 1 aliphatic heterocycles. The number of aliphatic imine (C=N–C) groups is 1. The Kier molecular flexibility index (Phi) is 12.9. The Labute approximate surface area is 180 Å². The first-order chi connectivity index (χ1) is 12.8. The summed E-state index contributed by atoms with van der Waals surface area (Å²) in [6, 6.07) is 10.2. The third kappa shape index (κ3) is 10.5. The van der Waals surface area contributed by atoms with E-state index >= 15 is 0 Å². The minimum Gasteiger partial charge on any atom is -0.357 e. The van der Waals surface area contributed by atoms with Crippen molar-refractivity contribution in [2.75, 3.05) is 45.8 Å². The molecule has 1 fully saturated rings. The predicted molar refractivity (Wildman–Crippen MR) is 123 cm³/mol. The molecule has 0 aromatic heterocycles. The van der Waals surface area contributed by atoms with Gasteiger partial charge < -0.3 is 20.9 Å². The van der Waals surface area contributed by atoms with E-state index in [4.69, 9.17) is 0 Å². The Bertz CT molecular complexity index is 547. The average molecular weight is 487 g/mol. The molecule has 3 N–H and O–H groups in total. The molecular formula is C20H34IN5O. The van der Waals surface area contributed by atoms with Crippen LogP contribution in [-0.2, 0) is 11.2 Å². The van der Waals surface area contributed by atoms with E-state index in [1.807, 2.05) is 25.1 Å². The molecule has 6 nitrogen and oxygen atoms in total. The molecule has 152 valence electrons. The first kappa shape index (κ1) is 23.7. The van der Waals surface area contributed by atoms with Crippen molar-refractivity contribution in [1.82, 2.24) is 20.9 Å². The van der Waals surface area contributed by atoms with Crippen LogP contribution in [0.25, 0.3) is 0 Å². The molecular weight excluding hydrogens is 453 g/mol. The van der Waals surface area contributed by atoms with Crippen LogP contribution in [0, 0.1) is 0 Å². The van der Waals surface area contributed by atoms with Crippen LogP contribution in [-0.4, -0.2) is 62.6 Å². The zero-order valence-electron chi connectivity index (χ0n) is 16.4. The number of rotatable bonds is 9. The van der Waals surface area contributed by atoms with Crippen LogP contribution in [0.4, 0.5) is 0 Å². The Morgan fingerprint density at radius 1 is 1.04 bits per heavy atom. The Morgan fingerprint density at radius 2 is 1.78 bits per heavy atom. The molecule has 1 aromatic rings. The van der Waals surface area contributed by atoms with E-state index in [-0.39, 0.29) is 36.4 Å². The summed E-state index contributed by atoms with van der Waals surface area (Å²) in [5.74, 6) is 0.664. The molecule has 1 amide bonds. The fraction of sp³-hybridized carbons (Fsp3) is 0.600. The van der Waals surface area contributed by atoms with Crippen LogP contribution in [0.5, 0.6) is 0 Å². The summed E-state index contributed by atoms with van der Waals surface area (Å²) in [6.07, 6.45) is 4.80. The zero-order chi connectivity index (χ0) is 18.5. The van der Waals surface area contributed by atoms with Crippen molar-refractivity contribution in [3.05, 3.63) is 35.9 Å². The molecule has 27 heavy (non-hydrogen) atoms. The van der Waals surface area contributed by atoms with E-state index in [0.717, 1.165) is 26.1 Å².